The number of hydrogen-bond acceptors (Lipinski definition) is 4. The molecule has 0 radical (unpaired) electrons. The van der Waals surface area contributed by atoms with Gasteiger partial charge in [-0.05, 0) is 44.9 Å². The standard InChI is InChI=1S/C16H21N3O2S/c1-11-8-13(9-17)10-19(11)22(20,21)16-5-3-4-14-12(2)18-7-6-15(14)16/h3-7,11,13H,8-10,17H2,1-2H3. The Morgan fingerprint density at radius 1 is 1.32 bits per heavy atom. The van der Waals surface area contributed by atoms with Crippen molar-refractivity contribution in [3.8, 4) is 0 Å². The van der Waals surface area contributed by atoms with Crippen LogP contribution in [0, 0.1) is 12.8 Å². The monoisotopic (exact) mass is 319 g/mol. The quantitative estimate of drug-likeness (QED) is 0.937. The summed E-state index contributed by atoms with van der Waals surface area (Å²) in [5.41, 5.74) is 6.56. The first-order valence-corrected chi connectivity index (χ1v) is 8.95. The Bertz CT molecular complexity index is 804. The third kappa shape index (κ3) is 2.41. The van der Waals surface area contributed by atoms with Crippen molar-refractivity contribution >= 4 is 20.8 Å². The molecule has 22 heavy (non-hydrogen) atoms. The van der Waals surface area contributed by atoms with Crippen LogP contribution in [0.1, 0.15) is 19.0 Å². The van der Waals surface area contributed by atoms with E-state index in [0.717, 1.165) is 22.9 Å². The van der Waals surface area contributed by atoms with Crippen LogP contribution in [-0.4, -0.2) is 36.8 Å². The highest BCUT2D eigenvalue weighted by atomic mass is 32.2. The van der Waals surface area contributed by atoms with E-state index in [9.17, 15) is 8.42 Å². The number of nitrogens with zero attached hydrogens (tertiary/aromatic N) is 2. The summed E-state index contributed by atoms with van der Waals surface area (Å²) >= 11 is 0. The lowest BCUT2D eigenvalue weighted by molar-refractivity contribution is 0.405. The van der Waals surface area contributed by atoms with Gasteiger partial charge in [0, 0.05) is 35.2 Å². The highest BCUT2D eigenvalue weighted by Crippen LogP contribution is 2.32. The number of rotatable bonds is 3. The van der Waals surface area contributed by atoms with Gasteiger partial charge in [0.15, 0.2) is 0 Å². The van der Waals surface area contributed by atoms with Crippen molar-refractivity contribution in [2.45, 2.75) is 31.2 Å². The molecule has 6 heteroatoms. The minimum Gasteiger partial charge on any atom is -0.330 e. The molecule has 1 aliphatic heterocycles. The maximum atomic E-state index is 13.1. The van der Waals surface area contributed by atoms with Crippen LogP contribution in [-0.2, 0) is 10.0 Å². The van der Waals surface area contributed by atoms with Crippen LogP contribution >= 0.6 is 0 Å². The van der Waals surface area contributed by atoms with Crippen molar-refractivity contribution in [2.75, 3.05) is 13.1 Å². The van der Waals surface area contributed by atoms with Gasteiger partial charge in [-0.2, -0.15) is 4.31 Å². The maximum absolute atomic E-state index is 13.1. The SMILES string of the molecule is Cc1nccc2c(S(=O)(=O)N3CC(CN)CC3C)cccc12. The predicted octanol–water partition coefficient (Wildman–Crippen LogP) is 1.90. The zero-order valence-corrected chi connectivity index (χ0v) is 13.7. The second-order valence-electron chi connectivity index (χ2n) is 6.01. The van der Waals surface area contributed by atoms with Gasteiger partial charge < -0.3 is 5.73 Å². The first-order chi connectivity index (χ1) is 10.4. The molecule has 2 heterocycles. The third-order valence-corrected chi connectivity index (χ3v) is 6.53. The third-order valence-electron chi connectivity index (χ3n) is 4.49. The van der Waals surface area contributed by atoms with E-state index in [2.05, 4.69) is 4.98 Å². The van der Waals surface area contributed by atoms with E-state index in [1.54, 1.807) is 28.7 Å². The lowest BCUT2D eigenvalue weighted by Crippen LogP contribution is -2.34. The highest BCUT2D eigenvalue weighted by Gasteiger charge is 2.37. The van der Waals surface area contributed by atoms with Gasteiger partial charge in [0.2, 0.25) is 10.0 Å². The Balaban J connectivity index is 2.13. The van der Waals surface area contributed by atoms with Crippen LogP contribution in [0.2, 0.25) is 0 Å². The predicted molar refractivity (Wildman–Crippen MR) is 87.0 cm³/mol. The fourth-order valence-corrected chi connectivity index (χ4v) is 5.22. The summed E-state index contributed by atoms with van der Waals surface area (Å²) in [6.45, 7) is 4.86. The Morgan fingerprint density at radius 2 is 2.09 bits per heavy atom. The molecule has 1 aromatic heterocycles. The summed E-state index contributed by atoms with van der Waals surface area (Å²) in [6.07, 6.45) is 2.48. The number of aryl methyl sites for hydroxylation is 1. The summed E-state index contributed by atoms with van der Waals surface area (Å²) < 4.78 is 27.8. The van der Waals surface area contributed by atoms with E-state index < -0.39 is 10.0 Å². The van der Waals surface area contributed by atoms with E-state index in [0.29, 0.717) is 18.0 Å². The van der Waals surface area contributed by atoms with Crippen molar-refractivity contribution < 1.29 is 8.42 Å². The number of sulfonamides is 1. The van der Waals surface area contributed by atoms with Gasteiger partial charge in [-0.15, -0.1) is 0 Å². The highest BCUT2D eigenvalue weighted by molar-refractivity contribution is 7.89. The van der Waals surface area contributed by atoms with Crippen molar-refractivity contribution in [1.29, 1.82) is 0 Å². The van der Waals surface area contributed by atoms with E-state index >= 15 is 0 Å². The Kier molecular flexibility index (Phi) is 3.92. The molecule has 0 spiro atoms. The molecule has 3 rings (SSSR count). The average Bonchev–Trinajstić information content (AvgIpc) is 2.89. The fourth-order valence-electron chi connectivity index (χ4n) is 3.29. The largest absolute Gasteiger partial charge is 0.330 e. The van der Waals surface area contributed by atoms with Gasteiger partial charge in [-0.3, -0.25) is 4.98 Å². The second kappa shape index (κ2) is 5.61. The number of aromatic nitrogens is 1. The van der Waals surface area contributed by atoms with Crippen LogP contribution < -0.4 is 5.73 Å². The maximum Gasteiger partial charge on any atom is 0.243 e. The van der Waals surface area contributed by atoms with Crippen molar-refractivity contribution in [2.24, 2.45) is 11.7 Å². The lowest BCUT2D eigenvalue weighted by Gasteiger charge is -2.22. The van der Waals surface area contributed by atoms with E-state index in [1.807, 2.05) is 19.9 Å². The molecule has 5 nitrogen and oxygen atoms in total. The molecular formula is C16H21N3O2S. The molecule has 0 aliphatic carbocycles. The van der Waals surface area contributed by atoms with Gasteiger partial charge in [0.1, 0.15) is 0 Å². The molecule has 0 bridgehead atoms. The number of nitrogens with two attached hydrogens (primary N) is 1. The average molecular weight is 319 g/mol. The molecule has 1 aliphatic rings. The van der Waals surface area contributed by atoms with Crippen LogP contribution in [0.15, 0.2) is 35.4 Å². The van der Waals surface area contributed by atoms with Crippen molar-refractivity contribution in [1.82, 2.24) is 9.29 Å². The number of benzene rings is 1. The molecule has 2 unspecified atom stereocenters. The normalized spacial score (nSPS) is 23.2. The molecule has 0 saturated carbocycles. The van der Waals surface area contributed by atoms with Gasteiger partial charge in [0.25, 0.3) is 0 Å². The van der Waals surface area contributed by atoms with Crippen LogP contribution in [0.25, 0.3) is 10.8 Å². The molecule has 2 N–H and O–H groups in total. The molecule has 1 fully saturated rings. The van der Waals surface area contributed by atoms with Crippen LogP contribution in [0.5, 0.6) is 0 Å². The van der Waals surface area contributed by atoms with Crippen LogP contribution in [0.3, 0.4) is 0 Å². The summed E-state index contributed by atoms with van der Waals surface area (Å²) in [4.78, 5) is 4.60. The minimum atomic E-state index is -3.52. The Hall–Kier alpha value is -1.50. The number of fused-ring (bicyclic) bond motifs is 1. The topological polar surface area (TPSA) is 76.3 Å². The first-order valence-electron chi connectivity index (χ1n) is 7.51. The minimum absolute atomic E-state index is 0.0169. The molecule has 118 valence electrons. The summed E-state index contributed by atoms with van der Waals surface area (Å²) in [5, 5.41) is 1.61. The van der Waals surface area contributed by atoms with E-state index in [4.69, 9.17) is 5.73 Å². The van der Waals surface area contributed by atoms with Gasteiger partial charge in [0.05, 0.1) is 4.90 Å². The molecule has 1 saturated heterocycles. The van der Waals surface area contributed by atoms with E-state index in [1.165, 1.54) is 0 Å². The lowest BCUT2D eigenvalue weighted by atomic mass is 10.1. The van der Waals surface area contributed by atoms with Gasteiger partial charge in [-0.1, -0.05) is 12.1 Å². The Labute approximate surface area is 131 Å². The Morgan fingerprint density at radius 3 is 2.77 bits per heavy atom. The summed E-state index contributed by atoms with van der Waals surface area (Å²) in [6, 6.07) is 7.13. The zero-order valence-electron chi connectivity index (χ0n) is 12.9. The number of hydrogen-bond donors (Lipinski definition) is 1. The number of pyridine rings is 1. The van der Waals surface area contributed by atoms with Crippen molar-refractivity contribution in [3.63, 3.8) is 0 Å². The molecule has 0 amide bonds. The summed E-state index contributed by atoms with van der Waals surface area (Å²) in [5.74, 6) is 0.239. The summed E-state index contributed by atoms with van der Waals surface area (Å²) in [7, 11) is -3.52. The van der Waals surface area contributed by atoms with Crippen molar-refractivity contribution in [3.05, 3.63) is 36.2 Å². The zero-order chi connectivity index (χ0) is 15.9. The first kappa shape index (κ1) is 15.4. The van der Waals surface area contributed by atoms with E-state index in [-0.39, 0.29) is 12.0 Å². The van der Waals surface area contributed by atoms with Gasteiger partial charge >= 0.3 is 0 Å². The fraction of sp³-hybridized carbons (Fsp3) is 0.438. The molecular weight excluding hydrogens is 298 g/mol. The second-order valence-corrected chi connectivity index (χ2v) is 7.87. The molecule has 2 atom stereocenters. The van der Waals surface area contributed by atoms with Crippen LogP contribution in [0.4, 0.5) is 0 Å². The molecule has 2 aromatic rings. The smallest absolute Gasteiger partial charge is 0.243 e. The van der Waals surface area contributed by atoms with Gasteiger partial charge in [-0.25, -0.2) is 8.42 Å². The molecule has 1 aromatic carbocycles.